The molecule has 214 valence electrons. The Bertz CT molecular complexity index is 1080. The number of methoxy groups -OCH3 is 1. The zero-order valence-corrected chi connectivity index (χ0v) is 22.9. The highest BCUT2D eigenvalue weighted by Crippen LogP contribution is 2.52. The summed E-state index contributed by atoms with van der Waals surface area (Å²) < 4.78 is 15.1. The van der Waals surface area contributed by atoms with Crippen LogP contribution in [0.5, 0.6) is 0 Å². The van der Waals surface area contributed by atoms with E-state index in [2.05, 4.69) is 28.4 Å². The number of carbonyl (C=O) groups excluding carboxylic acids is 4. The number of oxime groups is 1. The second kappa shape index (κ2) is 13.0. The maximum absolute atomic E-state index is 13.0. The number of aliphatic hydroxyl groups is 1. The Labute approximate surface area is 230 Å². The van der Waals surface area contributed by atoms with E-state index in [0.717, 1.165) is 7.11 Å². The van der Waals surface area contributed by atoms with Crippen molar-refractivity contribution in [2.45, 2.75) is 50.1 Å². The van der Waals surface area contributed by atoms with Crippen LogP contribution in [0.25, 0.3) is 0 Å². The van der Waals surface area contributed by atoms with Crippen LogP contribution in [0, 0.1) is 11.8 Å². The van der Waals surface area contributed by atoms with Crippen LogP contribution in [0.3, 0.4) is 0 Å². The number of amidine groups is 1. The topological polar surface area (TPSA) is 167 Å². The van der Waals surface area contributed by atoms with E-state index in [9.17, 15) is 29.5 Å². The number of alkyl carbamates (subject to hydrolysis) is 1. The Morgan fingerprint density at radius 1 is 1.26 bits per heavy atom. The van der Waals surface area contributed by atoms with Gasteiger partial charge in [0.2, 0.25) is 5.91 Å². The number of carbonyl (C=O) groups is 4. The molecule has 3 amide bonds. The summed E-state index contributed by atoms with van der Waals surface area (Å²) in [5, 5.41) is 24.8. The molecule has 3 N–H and O–H groups in total. The molecule has 0 aromatic carbocycles. The van der Waals surface area contributed by atoms with Crippen LogP contribution in [0.2, 0.25) is 0 Å². The highest BCUT2D eigenvalue weighted by molar-refractivity contribution is 8.03. The van der Waals surface area contributed by atoms with Gasteiger partial charge >= 0.3 is 18.2 Å². The van der Waals surface area contributed by atoms with E-state index in [1.54, 1.807) is 6.92 Å². The van der Waals surface area contributed by atoms with E-state index in [1.807, 2.05) is 6.92 Å². The second-order valence-corrected chi connectivity index (χ2v) is 10.7. The molecule has 0 aliphatic carbocycles. The Morgan fingerprint density at radius 2 is 1.92 bits per heavy atom. The third-order valence-electron chi connectivity index (χ3n) is 6.84. The predicted molar refractivity (Wildman–Crippen MR) is 141 cm³/mol. The lowest BCUT2D eigenvalue weighted by molar-refractivity contribution is -0.164. The molecule has 14 heteroatoms. The molecule has 0 saturated carbocycles. The number of nitrogens with zero attached hydrogens (tertiary/aromatic N) is 3. The molecule has 0 unspecified atom stereocenters. The summed E-state index contributed by atoms with van der Waals surface area (Å²) in [4.78, 5) is 53.9. The normalized spacial score (nSPS) is 26.9. The fourth-order valence-electron chi connectivity index (χ4n) is 5.15. The van der Waals surface area contributed by atoms with Gasteiger partial charge in [0.15, 0.2) is 5.84 Å². The summed E-state index contributed by atoms with van der Waals surface area (Å²) >= 11 is 1.35. The van der Waals surface area contributed by atoms with E-state index in [-0.39, 0.29) is 54.8 Å². The highest BCUT2D eigenvalue weighted by Gasteiger charge is 2.60. The number of rotatable bonds is 10. The number of β-lactam (4-membered cyclic amide) rings is 1. The van der Waals surface area contributed by atoms with Gasteiger partial charge in [0.25, 0.3) is 0 Å². The summed E-state index contributed by atoms with van der Waals surface area (Å²) in [6.45, 7) is 10.7. The number of aliphatic hydroxyl groups excluding tert-OH is 1. The van der Waals surface area contributed by atoms with Gasteiger partial charge in [-0.05, 0) is 13.3 Å². The maximum atomic E-state index is 13.0. The van der Waals surface area contributed by atoms with Crippen molar-refractivity contribution in [1.29, 1.82) is 0 Å². The molecule has 13 nitrogen and oxygen atoms in total. The Balaban J connectivity index is 1.87. The molecule has 3 rings (SSSR count). The first kappa shape index (κ1) is 30.0. The van der Waals surface area contributed by atoms with Crippen molar-refractivity contribution >= 4 is 41.7 Å². The van der Waals surface area contributed by atoms with Crippen molar-refractivity contribution in [3.8, 4) is 0 Å². The standard InChI is InChI=1S/C25H34N4O9S/c1-6-8-37-23(32)20-21(13(3)19-18(14(4)30)22(31)29(19)20)39-16-10-15(11-17(27-35)26-24(33)36-5)28(12-16)25(34)38-9-7-2/h6-7,13-16,18-19,30,35H,1-2,8-12H2,3-5H3,(H,26,27,33)/t13-,14-,15+,16+,18+,19-/m1/s1. The van der Waals surface area contributed by atoms with Gasteiger partial charge in [0.1, 0.15) is 18.9 Å². The second-order valence-electron chi connectivity index (χ2n) is 9.37. The summed E-state index contributed by atoms with van der Waals surface area (Å²) in [6.07, 6.45) is 0.897. The molecule has 0 spiro atoms. The minimum atomic E-state index is -0.888. The van der Waals surface area contributed by atoms with Crippen molar-refractivity contribution in [2.75, 3.05) is 26.9 Å². The van der Waals surface area contributed by atoms with Crippen LogP contribution in [0.15, 0.2) is 41.1 Å². The summed E-state index contributed by atoms with van der Waals surface area (Å²) in [5.41, 5.74) is 0.135. The molecule has 0 radical (unpaired) electrons. The lowest BCUT2D eigenvalue weighted by atomic mass is 9.79. The monoisotopic (exact) mass is 566 g/mol. The first-order valence-corrected chi connectivity index (χ1v) is 13.3. The number of nitrogens with one attached hydrogen (secondary N) is 1. The molecule has 0 aromatic heterocycles. The largest absolute Gasteiger partial charge is 0.457 e. The molecular formula is C25H34N4O9S. The number of ether oxygens (including phenoxy) is 3. The van der Waals surface area contributed by atoms with Gasteiger partial charge in [0, 0.05) is 35.1 Å². The zero-order valence-electron chi connectivity index (χ0n) is 22.1. The molecule has 0 bridgehead atoms. The smallest absolute Gasteiger partial charge is 0.412 e. The van der Waals surface area contributed by atoms with Crippen molar-refractivity contribution in [3.63, 3.8) is 0 Å². The minimum Gasteiger partial charge on any atom is -0.457 e. The van der Waals surface area contributed by atoms with Crippen LogP contribution in [0.1, 0.15) is 26.7 Å². The predicted octanol–water partition coefficient (Wildman–Crippen LogP) is 1.82. The van der Waals surface area contributed by atoms with Crippen LogP contribution < -0.4 is 5.32 Å². The van der Waals surface area contributed by atoms with Crippen molar-refractivity contribution in [3.05, 3.63) is 35.9 Å². The van der Waals surface area contributed by atoms with Gasteiger partial charge in [0.05, 0.1) is 25.2 Å². The van der Waals surface area contributed by atoms with Gasteiger partial charge in [-0.25, -0.2) is 14.4 Å². The molecule has 6 atom stereocenters. The van der Waals surface area contributed by atoms with Crippen LogP contribution >= 0.6 is 11.8 Å². The maximum Gasteiger partial charge on any atom is 0.412 e. The molecule has 0 aromatic rings. The third-order valence-corrected chi connectivity index (χ3v) is 8.34. The number of hydrogen-bond donors (Lipinski definition) is 3. The first-order chi connectivity index (χ1) is 18.6. The Hall–Kier alpha value is -3.52. The van der Waals surface area contributed by atoms with E-state index in [0.29, 0.717) is 11.3 Å². The van der Waals surface area contributed by atoms with Gasteiger partial charge in [-0.15, -0.1) is 11.8 Å². The fraction of sp³-hybridized carbons (Fsp3) is 0.560. The Morgan fingerprint density at radius 3 is 2.51 bits per heavy atom. The van der Waals surface area contributed by atoms with Crippen molar-refractivity contribution in [2.24, 2.45) is 17.0 Å². The van der Waals surface area contributed by atoms with E-state index < -0.39 is 42.3 Å². The number of likely N-dealkylation sites (tertiary alicyclic amines) is 1. The van der Waals surface area contributed by atoms with Gasteiger partial charge < -0.3 is 34.3 Å². The van der Waals surface area contributed by atoms with Crippen LogP contribution in [-0.2, 0) is 23.8 Å². The van der Waals surface area contributed by atoms with Crippen molar-refractivity contribution in [1.82, 2.24) is 15.1 Å². The van der Waals surface area contributed by atoms with Gasteiger partial charge in [-0.2, -0.15) is 0 Å². The summed E-state index contributed by atoms with van der Waals surface area (Å²) in [7, 11) is 1.16. The van der Waals surface area contributed by atoms with Gasteiger partial charge in [-0.1, -0.05) is 37.4 Å². The van der Waals surface area contributed by atoms with Crippen molar-refractivity contribution < 1.29 is 43.7 Å². The minimum absolute atomic E-state index is 0.00792. The summed E-state index contributed by atoms with van der Waals surface area (Å²) in [6, 6.07) is -0.922. The molecule has 2 fully saturated rings. The van der Waals surface area contributed by atoms with E-state index in [4.69, 9.17) is 9.47 Å². The average molecular weight is 567 g/mol. The zero-order chi connectivity index (χ0) is 28.9. The molecule has 3 aliphatic heterocycles. The number of hydrogen-bond acceptors (Lipinski definition) is 11. The third kappa shape index (κ3) is 6.22. The van der Waals surface area contributed by atoms with Crippen LogP contribution in [0.4, 0.5) is 9.59 Å². The first-order valence-electron chi connectivity index (χ1n) is 12.4. The number of amides is 3. The number of esters is 1. The van der Waals surface area contributed by atoms with Crippen LogP contribution in [-0.4, -0.2) is 100 Å². The Kier molecular flexibility index (Phi) is 10.0. The van der Waals surface area contributed by atoms with Gasteiger partial charge in [-0.3, -0.25) is 10.1 Å². The SMILES string of the molecule is C=CCOC(=O)C1=C(S[C@H]2C[C@@H](C/C(=N/O)NC(=O)OC)N(C(=O)OCC=C)C2)[C@H](C)[C@@H]2[C@H]([C@@H](C)O)C(=O)N12. The van der Waals surface area contributed by atoms with E-state index in [1.165, 1.54) is 33.7 Å². The lowest BCUT2D eigenvalue weighted by Gasteiger charge is -2.46. The average Bonchev–Trinajstić information content (AvgIpc) is 3.41. The lowest BCUT2D eigenvalue weighted by Crippen LogP contribution is -2.63. The molecule has 2 saturated heterocycles. The number of thioether (sulfide) groups is 1. The molecule has 3 aliphatic rings. The quantitative estimate of drug-likeness (QED) is 0.0519. The highest BCUT2D eigenvalue weighted by atomic mass is 32.2. The molecule has 3 heterocycles. The summed E-state index contributed by atoms with van der Waals surface area (Å²) in [5.74, 6) is -2.03. The molecular weight excluding hydrogens is 532 g/mol. The molecule has 39 heavy (non-hydrogen) atoms. The van der Waals surface area contributed by atoms with E-state index >= 15 is 0 Å². The number of fused-ring (bicyclic) bond motifs is 1. The fourth-order valence-corrected chi connectivity index (χ4v) is 6.71.